The van der Waals surface area contributed by atoms with Crippen LogP contribution in [0.3, 0.4) is 0 Å². The fourth-order valence-corrected chi connectivity index (χ4v) is 1.78. The van der Waals surface area contributed by atoms with Gasteiger partial charge in [0.2, 0.25) is 0 Å². The summed E-state index contributed by atoms with van der Waals surface area (Å²) in [4.78, 5) is 11.1. The molecule has 0 saturated heterocycles. The molecule has 0 heterocycles. The number of carboxylic acids is 1. The van der Waals surface area contributed by atoms with Gasteiger partial charge in [-0.1, -0.05) is 26.7 Å². The predicted molar refractivity (Wildman–Crippen MR) is 56.2 cm³/mol. The Morgan fingerprint density at radius 3 is 1.71 bits per heavy atom. The Hall–Kier alpha value is -0.570. The van der Waals surface area contributed by atoms with Crippen molar-refractivity contribution in [3.05, 3.63) is 0 Å². The molecule has 84 valence electrons. The summed E-state index contributed by atoms with van der Waals surface area (Å²) in [5.41, 5.74) is -2.15. The zero-order valence-corrected chi connectivity index (χ0v) is 9.63. The molecule has 3 heteroatoms. The zero-order valence-electron chi connectivity index (χ0n) is 9.63. The highest BCUT2D eigenvalue weighted by atomic mass is 16.4. The normalized spacial score (nSPS) is 12.9. The molecule has 0 rings (SSSR count). The lowest BCUT2D eigenvalue weighted by molar-refractivity contribution is -0.166. The van der Waals surface area contributed by atoms with Crippen molar-refractivity contribution >= 4 is 5.97 Å². The summed E-state index contributed by atoms with van der Waals surface area (Å²) in [7, 11) is 0. The van der Waals surface area contributed by atoms with Crippen molar-refractivity contribution in [1.82, 2.24) is 0 Å². The molecule has 0 radical (unpaired) electrons. The Labute approximate surface area is 86.1 Å². The van der Waals surface area contributed by atoms with E-state index in [0.717, 1.165) is 12.8 Å². The van der Waals surface area contributed by atoms with Crippen molar-refractivity contribution in [2.45, 2.75) is 59.0 Å². The summed E-state index contributed by atoms with van der Waals surface area (Å²) in [6.45, 7) is 7.11. The van der Waals surface area contributed by atoms with E-state index in [-0.39, 0.29) is 0 Å². The highest BCUT2D eigenvalue weighted by Crippen LogP contribution is 2.38. The largest absolute Gasteiger partial charge is 0.481 e. The van der Waals surface area contributed by atoms with Gasteiger partial charge in [-0.05, 0) is 26.7 Å². The lowest BCUT2D eigenvalue weighted by Crippen LogP contribution is -2.49. The maximum atomic E-state index is 11.1. The second-order valence-corrected chi connectivity index (χ2v) is 4.46. The van der Waals surface area contributed by atoms with Gasteiger partial charge in [-0.2, -0.15) is 0 Å². The number of carboxylic acid groups (broad SMARTS) is 1. The van der Waals surface area contributed by atoms with Gasteiger partial charge in [0, 0.05) is 0 Å². The molecule has 0 aromatic rings. The number of aliphatic carboxylic acids is 1. The van der Waals surface area contributed by atoms with Crippen molar-refractivity contribution in [2.75, 3.05) is 0 Å². The molecular weight excluding hydrogens is 180 g/mol. The van der Waals surface area contributed by atoms with Crippen LogP contribution in [0.4, 0.5) is 0 Å². The summed E-state index contributed by atoms with van der Waals surface area (Å²) in [6, 6.07) is 0. The Balaban J connectivity index is 4.87. The summed E-state index contributed by atoms with van der Waals surface area (Å²) >= 11 is 0. The molecule has 0 saturated carbocycles. The first-order valence-electron chi connectivity index (χ1n) is 5.27. The van der Waals surface area contributed by atoms with Crippen LogP contribution >= 0.6 is 0 Å². The molecule has 0 aliphatic carbocycles. The average molecular weight is 202 g/mol. The van der Waals surface area contributed by atoms with E-state index in [0.29, 0.717) is 12.8 Å². The molecule has 0 amide bonds. The standard InChI is InChI=1S/C11H22O3/c1-5-7-11(14,8-6-2)10(3,4)9(12)13/h14H,5-8H2,1-4H3,(H,12,13). The monoisotopic (exact) mass is 202 g/mol. The van der Waals surface area contributed by atoms with Crippen LogP contribution in [0.1, 0.15) is 53.4 Å². The SMILES string of the molecule is CCCC(O)(CCC)C(C)(C)C(=O)O. The molecule has 0 bridgehead atoms. The van der Waals surface area contributed by atoms with Gasteiger partial charge in [0.25, 0.3) is 0 Å². The van der Waals surface area contributed by atoms with Gasteiger partial charge in [0.15, 0.2) is 0 Å². The second kappa shape index (κ2) is 4.78. The summed E-state index contributed by atoms with van der Waals surface area (Å²) in [5, 5.41) is 19.4. The molecule has 0 atom stereocenters. The minimum atomic E-state index is -1.08. The van der Waals surface area contributed by atoms with E-state index in [1.165, 1.54) is 0 Å². The first-order valence-corrected chi connectivity index (χ1v) is 5.27. The van der Waals surface area contributed by atoms with Crippen molar-refractivity contribution in [3.63, 3.8) is 0 Å². The quantitative estimate of drug-likeness (QED) is 0.695. The third kappa shape index (κ3) is 2.47. The molecule has 0 fully saturated rings. The lowest BCUT2D eigenvalue weighted by Gasteiger charge is -2.39. The molecule has 0 unspecified atom stereocenters. The van der Waals surface area contributed by atoms with Crippen LogP contribution in [0.2, 0.25) is 0 Å². The lowest BCUT2D eigenvalue weighted by atomic mass is 9.70. The molecule has 14 heavy (non-hydrogen) atoms. The van der Waals surface area contributed by atoms with E-state index in [1.807, 2.05) is 13.8 Å². The second-order valence-electron chi connectivity index (χ2n) is 4.46. The topological polar surface area (TPSA) is 57.5 Å². The molecular formula is C11H22O3. The van der Waals surface area contributed by atoms with Crippen LogP contribution in [0, 0.1) is 5.41 Å². The van der Waals surface area contributed by atoms with Crippen molar-refractivity contribution in [2.24, 2.45) is 5.41 Å². The first kappa shape index (κ1) is 13.4. The molecule has 0 aromatic heterocycles. The van der Waals surface area contributed by atoms with E-state index in [1.54, 1.807) is 13.8 Å². The van der Waals surface area contributed by atoms with Gasteiger partial charge < -0.3 is 10.2 Å². The van der Waals surface area contributed by atoms with Gasteiger partial charge in [0.1, 0.15) is 0 Å². The van der Waals surface area contributed by atoms with E-state index in [4.69, 9.17) is 5.11 Å². The fraction of sp³-hybridized carbons (Fsp3) is 0.909. The van der Waals surface area contributed by atoms with Crippen LogP contribution in [0.5, 0.6) is 0 Å². The molecule has 2 N–H and O–H groups in total. The van der Waals surface area contributed by atoms with Gasteiger partial charge in [-0.15, -0.1) is 0 Å². The maximum Gasteiger partial charge on any atom is 0.312 e. The third-order valence-electron chi connectivity index (χ3n) is 3.03. The van der Waals surface area contributed by atoms with Crippen LogP contribution in [0.25, 0.3) is 0 Å². The highest BCUT2D eigenvalue weighted by molar-refractivity contribution is 5.75. The van der Waals surface area contributed by atoms with Crippen LogP contribution < -0.4 is 0 Å². The number of rotatable bonds is 6. The molecule has 0 spiro atoms. The Morgan fingerprint density at radius 2 is 1.50 bits per heavy atom. The van der Waals surface area contributed by atoms with Crippen molar-refractivity contribution in [1.29, 1.82) is 0 Å². The molecule has 3 nitrogen and oxygen atoms in total. The highest BCUT2D eigenvalue weighted by Gasteiger charge is 2.47. The van der Waals surface area contributed by atoms with Gasteiger partial charge in [-0.25, -0.2) is 0 Å². The van der Waals surface area contributed by atoms with E-state index in [2.05, 4.69) is 0 Å². The van der Waals surface area contributed by atoms with Crippen LogP contribution in [-0.4, -0.2) is 21.8 Å². The number of hydrogen-bond acceptors (Lipinski definition) is 2. The Kier molecular flexibility index (Phi) is 4.59. The molecule has 0 aliphatic heterocycles. The van der Waals surface area contributed by atoms with Crippen molar-refractivity contribution < 1.29 is 15.0 Å². The summed E-state index contributed by atoms with van der Waals surface area (Å²) < 4.78 is 0. The van der Waals surface area contributed by atoms with Gasteiger partial charge >= 0.3 is 5.97 Å². The van der Waals surface area contributed by atoms with E-state index >= 15 is 0 Å². The smallest absolute Gasteiger partial charge is 0.312 e. The summed E-state index contributed by atoms with van der Waals surface area (Å²) in [6.07, 6.45) is 2.68. The van der Waals surface area contributed by atoms with E-state index < -0.39 is 17.0 Å². The number of carbonyl (C=O) groups is 1. The zero-order chi connectivity index (χ0) is 11.4. The Bertz CT molecular complexity index is 191. The number of aliphatic hydroxyl groups is 1. The van der Waals surface area contributed by atoms with E-state index in [9.17, 15) is 9.90 Å². The van der Waals surface area contributed by atoms with Gasteiger partial charge in [-0.3, -0.25) is 4.79 Å². The molecule has 0 aliphatic rings. The van der Waals surface area contributed by atoms with Crippen LogP contribution in [-0.2, 0) is 4.79 Å². The fourth-order valence-electron chi connectivity index (χ4n) is 1.78. The maximum absolute atomic E-state index is 11.1. The number of hydrogen-bond donors (Lipinski definition) is 2. The van der Waals surface area contributed by atoms with Crippen LogP contribution in [0.15, 0.2) is 0 Å². The third-order valence-corrected chi connectivity index (χ3v) is 3.03. The minimum Gasteiger partial charge on any atom is -0.481 e. The Morgan fingerprint density at radius 1 is 1.14 bits per heavy atom. The molecule has 0 aromatic carbocycles. The van der Waals surface area contributed by atoms with Crippen molar-refractivity contribution in [3.8, 4) is 0 Å². The minimum absolute atomic E-state index is 0.542. The average Bonchev–Trinajstić information content (AvgIpc) is 2.04. The summed E-state index contributed by atoms with van der Waals surface area (Å²) in [5.74, 6) is -0.929. The first-order chi connectivity index (χ1) is 6.31. The predicted octanol–water partition coefficient (Wildman–Crippen LogP) is 2.43. The van der Waals surface area contributed by atoms with Gasteiger partial charge in [0.05, 0.1) is 11.0 Å².